The van der Waals surface area contributed by atoms with Crippen molar-refractivity contribution in [2.45, 2.75) is 59.0 Å². The number of nitrogens with zero attached hydrogens (tertiary/aromatic N) is 1. The van der Waals surface area contributed by atoms with Crippen LogP contribution < -0.4 is 16.0 Å². The molecular formula is C34H40N4O2. The summed E-state index contributed by atoms with van der Waals surface area (Å²) in [6.45, 7) is 9.53. The molecular weight excluding hydrogens is 496 g/mol. The van der Waals surface area contributed by atoms with E-state index in [1.165, 1.54) is 37.9 Å². The van der Waals surface area contributed by atoms with Crippen LogP contribution in [0.3, 0.4) is 0 Å². The van der Waals surface area contributed by atoms with Crippen LogP contribution in [0.2, 0.25) is 0 Å². The molecule has 0 spiro atoms. The molecule has 0 saturated carbocycles. The minimum Gasteiger partial charge on any atom is -0.358 e. The monoisotopic (exact) mass is 536 g/mol. The van der Waals surface area contributed by atoms with Crippen LogP contribution in [0.1, 0.15) is 79.5 Å². The van der Waals surface area contributed by atoms with Crippen LogP contribution in [0.4, 0.5) is 11.4 Å². The van der Waals surface area contributed by atoms with E-state index in [4.69, 9.17) is 0 Å². The van der Waals surface area contributed by atoms with Crippen LogP contribution in [0.25, 0.3) is 5.57 Å². The van der Waals surface area contributed by atoms with Gasteiger partial charge in [-0.05, 0) is 79.7 Å². The summed E-state index contributed by atoms with van der Waals surface area (Å²) in [4.78, 5) is 29.0. The number of likely N-dealkylation sites (tertiary alicyclic amines) is 1. The van der Waals surface area contributed by atoms with Gasteiger partial charge in [0, 0.05) is 34.7 Å². The van der Waals surface area contributed by atoms with Gasteiger partial charge < -0.3 is 16.0 Å². The maximum atomic E-state index is 13.3. The topological polar surface area (TPSA) is 73.5 Å². The van der Waals surface area contributed by atoms with Crippen LogP contribution >= 0.6 is 0 Å². The van der Waals surface area contributed by atoms with Gasteiger partial charge in [-0.2, -0.15) is 0 Å². The molecule has 1 atom stereocenters. The Labute approximate surface area is 237 Å². The third kappa shape index (κ3) is 6.28. The van der Waals surface area contributed by atoms with E-state index >= 15 is 0 Å². The van der Waals surface area contributed by atoms with Gasteiger partial charge >= 0.3 is 0 Å². The number of piperidine rings is 1. The van der Waals surface area contributed by atoms with Crippen molar-refractivity contribution in [2.75, 3.05) is 23.7 Å². The normalized spacial score (nSPS) is 17.2. The SMILES string of the molecule is CC[C@@H](NC(=O)c1ccc2c(c1)C(=C(Nc1ccc(CN3CCCCC3)cc1)C(C)C)C(=O)N2)c1ccccc1. The van der Waals surface area contributed by atoms with Crippen LogP contribution in [-0.2, 0) is 11.3 Å². The van der Waals surface area contributed by atoms with Gasteiger partial charge in [-0.1, -0.05) is 69.7 Å². The fourth-order valence-corrected chi connectivity index (χ4v) is 5.64. The van der Waals surface area contributed by atoms with Crippen molar-refractivity contribution in [1.82, 2.24) is 10.2 Å². The highest BCUT2D eigenvalue weighted by atomic mass is 16.2. The summed E-state index contributed by atoms with van der Waals surface area (Å²) in [6.07, 6.45) is 4.68. The molecule has 2 heterocycles. The molecule has 5 rings (SSSR count). The number of rotatable bonds is 9. The first kappa shape index (κ1) is 27.7. The minimum absolute atomic E-state index is 0.0692. The standard InChI is InChI=1S/C34H40N4O2/c1-4-29(25-11-7-5-8-12-25)36-33(39)26-15-18-30-28(21-26)31(34(40)37-30)32(23(2)3)35-27-16-13-24(14-17-27)22-38-19-9-6-10-20-38/h5,7-8,11-18,21,23,29,35H,4,6,9-10,19-20,22H2,1-3H3,(H,36,39)(H,37,40)/t29-/m1/s1. The fraction of sp³-hybridized carbons (Fsp3) is 0.353. The summed E-state index contributed by atoms with van der Waals surface area (Å²) in [7, 11) is 0. The van der Waals surface area contributed by atoms with E-state index < -0.39 is 0 Å². The second kappa shape index (κ2) is 12.5. The van der Waals surface area contributed by atoms with E-state index in [9.17, 15) is 9.59 Å². The lowest BCUT2D eigenvalue weighted by atomic mass is 9.96. The van der Waals surface area contributed by atoms with Crippen molar-refractivity contribution in [3.8, 4) is 0 Å². The molecule has 3 aromatic rings. The van der Waals surface area contributed by atoms with Crippen molar-refractivity contribution < 1.29 is 9.59 Å². The molecule has 3 aromatic carbocycles. The molecule has 6 nitrogen and oxygen atoms in total. The fourth-order valence-electron chi connectivity index (χ4n) is 5.64. The van der Waals surface area contributed by atoms with Crippen molar-refractivity contribution in [3.63, 3.8) is 0 Å². The van der Waals surface area contributed by atoms with E-state index in [2.05, 4.69) is 65.9 Å². The number of hydrogen-bond acceptors (Lipinski definition) is 4. The molecule has 1 fully saturated rings. The van der Waals surface area contributed by atoms with Gasteiger partial charge in [-0.15, -0.1) is 0 Å². The lowest BCUT2D eigenvalue weighted by molar-refractivity contribution is -0.110. The Morgan fingerprint density at radius 1 is 0.950 bits per heavy atom. The Morgan fingerprint density at radius 2 is 1.68 bits per heavy atom. The number of anilines is 2. The highest BCUT2D eigenvalue weighted by molar-refractivity contribution is 6.32. The zero-order chi connectivity index (χ0) is 28.1. The lowest BCUT2D eigenvalue weighted by Crippen LogP contribution is -2.29. The molecule has 0 bridgehead atoms. The third-order valence-corrected chi connectivity index (χ3v) is 7.88. The predicted octanol–water partition coefficient (Wildman–Crippen LogP) is 6.98. The summed E-state index contributed by atoms with van der Waals surface area (Å²) in [6, 6.07) is 23.9. The molecule has 40 heavy (non-hydrogen) atoms. The van der Waals surface area contributed by atoms with Crippen molar-refractivity contribution in [3.05, 3.63) is 101 Å². The van der Waals surface area contributed by atoms with Crippen LogP contribution in [-0.4, -0.2) is 29.8 Å². The van der Waals surface area contributed by atoms with Gasteiger partial charge in [-0.25, -0.2) is 0 Å². The van der Waals surface area contributed by atoms with Crippen molar-refractivity contribution in [1.29, 1.82) is 0 Å². The zero-order valence-corrected chi connectivity index (χ0v) is 23.8. The average molecular weight is 537 g/mol. The number of carbonyl (C=O) groups excluding carboxylic acids is 2. The smallest absolute Gasteiger partial charge is 0.258 e. The largest absolute Gasteiger partial charge is 0.358 e. The van der Waals surface area contributed by atoms with Crippen molar-refractivity contribution >= 4 is 28.8 Å². The Kier molecular flexibility index (Phi) is 8.66. The number of benzene rings is 3. The quantitative estimate of drug-likeness (QED) is 0.258. The molecule has 6 heteroatoms. The number of allylic oxidation sites excluding steroid dienone is 1. The Hall–Kier alpha value is -3.90. The van der Waals surface area contributed by atoms with Crippen LogP contribution in [0, 0.1) is 5.92 Å². The summed E-state index contributed by atoms with van der Waals surface area (Å²) in [5.74, 6) is -0.235. The van der Waals surface area contributed by atoms with Gasteiger partial charge in [0.05, 0.1) is 11.6 Å². The minimum atomic E-state index is -0.152. The summed E-state index contributed by atoms with van der Waals surface area (Å²) in [5.41, 5.74) is 6.76. The predicted molar refractivity (Wildman–Crippen MR) is 163 cm³/mol. The number of nitrogens with one attached hydrogen (secondary N) is 3. The molecule has 208 valence electrons. The highest BCUT2D eigenvalue weighted by Gasteiger charge is 2.30. The molecule has 0 radical (unpaired) electrons. The Morgan fingerprint density at radius 3 is 2.35 bits per heavy atom. The van der Waals surface area contributed by atoms with Crippen LogP contribution in [0.15, 0.2) is 78.5 Å². The van der Waals surface area contributed by atoms with Gasteiger partial charge in [0.25, 0.3) is 11.8 Å². The molecule has 3 N–H and O–H groups in total. The Balaban J connectivity index is 1.38. The Bertz CT molecular complexity index is 1370. The van der Waals surface area contributed by atoms with E-state index in [1.54, 1.807) is 6.07 Å². The maximum Gasteiger partial charge on any atom is 0.258 e. The van der Waals surface area contributed by atoms with E-state index in [-0.39, 0.29) is 23.8 Å². The first-order valence-corrected chi connectivity index (χ1v) is 14.6. The zero-order valence-electron chi connectivity index (χ0n) is 23.8. The molecule has 2 aliphatic rings. The third-order valence-electron chi connectivity index (χ3n) is 7.88. The summed E-state index contributed by atoms with van der Waals surface area (Å²) >= 11 is 0. The molecule has 0 unspecified atom stereocenters. The first-order valence-electron chi connectivity index (χ1n) is 14.6. The molecule has 0 aliphatic carbocycles. The number of fused-ring (bicyclic) bond motifs is 1. The highest BCUT2D eigenvalue weighted by Crippen LogP contribution is 2.37. The van der Waals surface area contributed by atoms with Gasteiger partial charge in [0.15, 0.2) is 0 Å². The summed E-state index contributed by atoms with van der Waals surface area (Å²) < 4.78 is 0. The van der Waals surface area contributed by atoms with Gasteiger partial charge in [0.2, 0.25) is 0 Å². The number of hydrogen-bond donors (Lipinski definition) is 3. The molecule has 2 amide bonds. The van der Waals surface area contributed by atoms with E-state index in [0.29, 0.717) is 11.1 Å². The maximum absolute atomic E-state index is 13.3. The average Bonchev–Trinajstić information content (AvgIpc) is 3.30. The van der Waals surface area contributed by atoms with Crippen molar-refractivity contribution in [2.24, 2.45) is 5.92 Å². The second-order valence-corrected chi connectivity index (χ2v) is 11.2. The molecule has 2 aliphatic heterocycles. The molecule has 0 aromatic heterocycles. The van der Waals surface area contributed by atoms with E-state index in [1.807, 2.05) is 42.5 Å². The number of carbonyl (C=O) groups is 2. The second-order valence-electron chi connectivity index (χ2n) is 11.2. The van der Waals surface area contributed by atoms with E-state index in [0.717, 1.165) is 41.2 Å². The van der Waals surface area contributed by atoms with Gasteiger partial charge in [0.1, 0.15) is 0 Å². The van der Waals surface area contributed by atoms with Gasteiger partial charge in [-0.3, -0.25) is 14.5 Å². The first-order chi connectivity index (χ1) is 19.4. The molecule has 1 saturated heterocycles. The number of amides is 2. The lowest BCUT2D eigenvalue weighted by Gasteiger charge is -2.26. The summed E-state index contributed by atoms with van der Waals surface area (Å²) in [5, 5.41) is 9.70. The van der Waals surface area contributed by atoms with Crippen LogP contribution in [0.5, 0.6) is 0 Å².